The Kier molecular flexibility index (Phi) is 5.45. The highest BCUT2D eigenvalue weighted by Crippen LogP contribution is 2.46. The number of ether oxygens (including phenoxy) is 4. The average molecular weight is 492 g/mol. The predicted octanol–water partition coefficient (Wildman–Crippen LogP) is -0.608. The zero-order chi connectivity index (χ0) is 25.2. The molecule has 1 aliphatic heterocycles. The van der Waals surface area contributed by atoms with E-state index >= 15 is 0 Å². The number of phenols is 1. The van der Waals surface area contributed by atoms with Gasteiger partial charge in [-0.3, -0.25) is 0 Å². The minimum Gasteiger partial charge on any atom is -0.502 e. The molecule has 1 fully saturated rings. The summed E-state index contributed by atoms with van der Waals surface area (Å²) >= 11 is 0. The maximum Gasteiger partial charge on any atom is 0.344 e. The van der Waals surface area contributed by atoms with E-state index in [4.69, 9.17) is 27.8 Å². The number of hydrogen-bond donors (Lipinski definition) is 5. The smallest absolute Gasteiger partial charge is 0.344 e. The summed E-state index contributed by atoms with van der Waals surface area (Å²) in [7, 11) is 2.49. The van der Waals surface area contributed by atoms with E-state index in [-0.39, 0.29) is 50.0 Å². The topological polar surface area (TPSA) is 198 Å². The summed E-state index contributed by atoms with van der Waals surface area (Å²) in [6.45, 7) is -0.697. The van der Waals surface area contributed by atoms with Crippen LogP contribution in [0.25, 0.3) is 32.7 Å². The van der Waals surface area contributed by atoms with Crippen LogP contribution in [0, 0.1) is 0 Å². The minimum absolute atomic E-state index is 0.0455. The normalized spacial score (nSPS) is 24.9. The van der Waals surface area contributed by atoms with Gasteiger partial charge in [-0.1, -0.05) is 0 Å². The molecule has 0 amide bonds. The molecule has 2 aromatic carbocycles. The molecule has 35 heavy (non-hydrogen) atoms. The fourth-order valence-corrected chi connectivity index (χ4v) is 4.25. The standard InChI is InChI=1S/C22H20O13/c1-30-8-3-6-11-12-7(20(28)33-18(11)14(8)25)4-9(31-2)17(19(12)34-21(6)29)35-22-16(27)15(26)13(24)10(5-23)32-22/h3-4,10,13,15-16,22-27H,5H2,1-2H3/t10-,13-,15+,16-,22+/m1/s1. The molecule has 0 unspecified atom stereocenters. The van der Waals surface area contributed by atoms with E-state index < -0.39 is 54.3 Å². The molecule has 0 spiro atoms. The second kappa shape index (κ2) is 8.25. The zero-order valence-electron chi connectivity index (χ0n) is 18.3. The molecular formula is C22H20O13. The third kappa shape index (κ3) is 3.28. The Morgan fingerprint density at radius 3 is 2.03 bits per heavy atom. The Labute approximate surface area is 194 Å². The maximum absolute atomic E-state index is 12.9. The molecule has 1 aliphatic rings. The van der Waals surface area contributed by atoms with E-state index in [1.54, 1.807) is 0 Å². The molecule has 0 saturated carbocycles. The molecule has 5 N–H and O–H groups in total. The number of aromatic hydroxyl groups is 1. The number of benzene rings is 2. The van der Waals surface area contributed by atoms with Gasteiger partial charge in [-0.2, -0.15) is 0 Å². The minimum atomic E-state index is -1.78. The summed E-state index contributed by atoms with van der Waals surface area (Å²) in [6.07, 6.45) is -8.05. The van der Waals surface area contributed by atoms with Crippen LogP contribution in [0.3, 0.4) is 0 Å². The van der Waals surface area contributed by atoms with Crippen molar-refractivity contribution in [1.82, 2.24) is 0 Å². The van der Waals surface area contributed by atoms with Crippen molar-refractivity contribution in [3.63, 3.8) is 0 Å². The van der Waals surface area contributed by atoms with Crippen LogP contribution in [0.5, 0.6) is 23.0 Å². The summed E-state index contributed by atoms with van der Waals surface area (Å²) in [5, 5.41) is 50.5. The number of hydrogen-bond acceptors (Lipinski definition) is 13. The second-order valence-corrected chi connectivity index (χ2v) is 7.93. The number of rotatable bonds is 5. The lowest BCUT2D eigenvalue weighted by atomic mass is 9.99. The number of aliphatic hydroxyl groups is 4. The Balaban J connectivity index is 1.81. The van der Waals surface area contributed by atoms with E-state index in [0.717, 1.165) is 0 Å². The highest BCUT2D eigenvalue weighted by molar-refractivity contribution is 6.22. The fraction of sp³-hybridized carbons (Fsp3) is 0.364. The van der Waals surface area contributed by atoms with E-state index in [9.17, 15) is 35.1 Å². The van der Waals surface area contributed by atoms with Crippen LogP contribution in [0.2, 0.25) is 0 Å². The van der Waals surface area contributed by atoms with Gasteiger partial charge in [0, 0.05) is 10.8 Å². The summed E-state index contributed by atoms with van der Waals surface area (Å²) in [4.78, 5) is 25.7. The van der Waals surface area contributed by atoms with Crippen LogP contribution >= 0.6 is 0 Å². The zero-order valence-corrected chi connectivity index (χ0v) is 18.3. The molecule has 0 aliphatic carbocycles. The number of methoxy groups -OCH3 is 2. The van der Waals surface area contributed by atoms with Crippen molar-refractivity contribution in [1.29, 1.82) is 0 Å². The third-order valence-corrected chi connectivity index (χ3v) is 6.02. The summed E-state index contributed by atoms with van der Waals surface area (Å²) in [5.41, 5.74) is -2.41. The van der Waals surface area contributed by atoms with Crippen molar-refractivity contribution in [2.75, 3.05) is 20.8 Å². The lowest BCUT2D eigenvalue weighted by Crippen LogP contribution is -2.60. The van der Waals surface area contributed by atoms with E-state index in [1.165, 1.54) is 26.4 Å². The van der Waals surface area contributed by atoms with Crippen LogP contribution in [-0.4, -0.2) is 77.1 Å². The summed E-state index contributed by atoms with van der Waals surface area (Å²) in [6, 6.07) is 2.47. The van der Waals surface area contributed by atoms with Crippen LogP contribution in [0.1, 0.15) is 0 Å². The number of aliphatic hydroxyl groups excluding tert-OH is 4. The van der Waals surface area contributed by atoms with Gasteiger partial charge < -0.3 is 53.3 Å². The van der Waals surface area contributed by atoms with Crippen molar-refractivity contribution in [2.24, 2.45) is 0 Å². The van der Waals surface area contributed by atoms with Crippen LogP contribution in [-0.2, 0) is 4.74 Å². The van der Waals surface area contributed by atoms with Gasteiger partial charge in [-0.25, -0.2) is 9.59 Å². The summed E-state index contributed by atoms with van der Waals surface area (Å²) in [5.74, 6) is -1.05. The monoisotopic (exact) mass is 492 g/mol. The second-order valence-electron chi connectivity index (χ2n) is 7.93. The first kappa shape index (κ1) is 23.1. The maximum atomic E-state index is 12.9. The lowest BCUT2D eigenvalue weighted by molar-refractivity contribution is -0.277. The Morgan fingerprint density at radius 2 is 1.43 bits per heavy atom. The van der Waals surface area contributed by atoms with Gasteiger partial charge in [0.05, 0.1) is 31.6 Å². The SMILES string of the molecule is COc1cc2c(=O)oc3c(O[C@@H]4O[C@H](CO)[C@@H](O)[C@H](O)[C@H]4O)c(OC)cc4c(=O)oc(c1O)c2c34. The van der Waals surface area contributed by atoms with Gasteiger partial charge in [-0.15, -0.1) is 0 Å². The van der Waals surface area contributed by atoms with Gasteiger partial charge in [-0.05, 0) is 12.1 Å². The van der Waals surface area contributed by atoms with Crippen LogP contribution < -0.4 is 25.5 Å². The molecule has 186 valence electrons. The van der Waals surface area contributed by atoms with E-state index in [2.05, 4.69) is 0 Å². The van der Waals surface area contributed by atoms with Crippen LogP contribution in [0.15, 0.2) is 30.6 Å². The predicted molar refractivity (Wildman–Crippen MR) is 116 cm³/mol. The van der Waals surface area contributed by atoms with Gasteiger partial charge in [0.15, 0.2) is 22.7 Å². The van der Waals surface area contributed by atoms with Crippen molar-refractivity contribution in [2.45, 2.75) is 30.7 Å². The molecule has 0 bridgehead atoms. The molecule has 1 saturated heterocycles. The molecular weight excluding hydrogens is 472 g/mol. The number of phenolic OH excluding ortho intramolecular Hbond substituents is 1. The van der Waals surface area contributed by atoms with Gasteiger partial charge in [0.25, 0.3) is 0 Å². The molecule has 13 heteroatoms. The van der Waals surface area contributed by atoms with Gasteiger partial charge in [0.2, 0.25) is 17.8 Å². The molecule has 3 heterocycles. The largest absolute Gasteiger partial charge is 0.502 e. The van der Waals surface area contributed by atoms with E-state index in [1.807, 2.05) is 0 Å². The van der Waals surface area contributed by atoms with E-state index in [0.29, 0.717) is 0 Å². The molecule has 2 aromatic heterocycles. The first-order chi connectivity index (χ1) is 16.7. The first-order valence-corrected chi connectivity index (χ1v) is 10.3. The molecule has 4 aromatic rings. The Morgan fingerprint density at radius 1 is 0.857 bits per heavy atom. The van der Waals surface area contributed by atoms with Crippen molar-refractivity contribution in [3.05, 3.63) is 33.0 Å². The van der Waals surface area contributed by atoms with Crippen molar-refractivity contribution in [3.8, 4) is 23.0 Å². The highest BCUT2D eigenvalue weighted by Gasteiger charge is 2.45. The van der Waals surface area contributed by atoms with Crippen LogP contribution in [0.4, 0.5) is 0 Å². The lowest BCUT2D eigenvalue weighted by Gasteiger charge is -2.39. The highest BCUT2D eigenvalue weighted by atomic mass is 16.7. The van der Waals surface area contributed by atoms with Gasteiger partial charge in [0.1, 0.15) is 24.4 Å². The Bertz CT molecular complexity index is 1530. The van der Waals surface area contributed by atoms with Crippen molar-refractivity contribution >= 4 is 32.7 Å². The molecule has 5 rings (SSSR count). The quantitative estimate of drug-likeness (QED) is 0.175. The summed E-state index contributed by atoms with van der Waals surface area (Å²) < 4.78 is 32.2. The Hall–Kier alpha value is -3.62. The average Bonchev–Trinajstić information content (AvgIpc) is 2.85. The molecule has 13 nitrogen and oxygen atoms in total. The van der Waals surface area contributed by atoms with Gasteiger partial charge >= 0.3 is 11.3 Å². The molecule has 0 radical (unpaired) electrons. The third-order valence-electron chi connectivity index (χ3n) is 6.02. The first-order valence-electron chi connectivity index (χ1n) is 10.3. The fourth-order valence-electron chi connectivity index (χ4n) is 4.25. The molecule has 5 atom stereocenters. The van der Waals surface area contributed by atoms with Crippen molar-refractivity contribution < 1.29 is 53.3 Å².